The van der Waals surface area contributed by atoms with Gasteiger partial charge in [0.2, 0.25) is 0 Å². The molecule has 2 heterocycles. The lowest BCUT2D eigenvalue weighted by molar-refractivity contribution is 0.637. The van der Waals surface area contributed by atoms with E-state index in [0.717, 1.165) is 16.8 Å². The van der Waals surface area contributed by atoms with Crippen molar-refractivity contribution >= 4 is 5.69 Å². The van der Waals surface area contributed by atoms with Crippen LogP contribution in [0.2, 0.25) is 0 Å². The molecule has 0 aliphatic heterocycles. The number of aryl methyl sites for hydroxylation is 1. The number of anilines is 1. The third kappa shape index (κ3) is 2.99. The molecule has 1 aliphatic rings. The van der Waals surface area contributed by atoms with Crippen LogP contribution in [0.15, 0.2) is 35.5 Å². The van der Waals surface area contributed by atoms with E-state index < -0.39 is 0 Å². The summed E-state index contributed by atoms with van der Waals surface area (Å²) >= 11 is 0. The van der Waals surface area contributed by atoms with Gasteiger partial charge in [-0.15, -0.1) is 0 Å². The van der Waals surface area contributed by atoms with Crippen LogP contribution in [-0.2, 0) is 6.54 Å². The minimum absolute atomic E-state index is 0.0906. The van der Waals surface area contributed by atoms with Crippen LogP contribution in [0.1, 0.15) is 24.0 Å². The summed E-state index contributed by atoms with van der Waals surface area (Å²) in [5.41, 5.74) is 2.79. The molecule has 2 aromatic rings. The molecule has 98 valence electrons. The molecule has 1 fully saturated rings. The molecular formula is C14H16N4O. The summed E-state index contributed by atoms with van der Waals surface area (Å²) in [5, 5.41) is 7.47. The lowest BCUT2D eigenvalue weighted by Crippen LogP contribution is -2.23. The van der Waals surface area contributed by atoms with E-state index in [1.165, 1.54) is 17.5 Å². The van der Waals surface area contributed by atoms with Gasteiger partial charge in [-0.05, 0) is 30.9 Å². The second kappa shape index (κ2) is 4.84. The average molecular weight is 256 g/mol. The Hall–Kier alpha value is -2.17. The Morgan fingerprint density at radius 2 is 2.16 bits per heavy atom. The van der Waals surface area contributed by atoms with E-state index in [1.54, 1.807) is 24.7 Å². The lowest BCUT2D eigenvalue weighted by atomic mass is 10.2. The zero-order valence-corrected chi connectivity index (χ0v) is 10.8. The standard InChI is InChI=1S/C14H16N4O/c1-10-4-11(7-15-6-10)9-18-14(19)5-13(8-16-18)17-12-2-3-12/h4-8,12,17H,2-3,9H2,1H3. The highest BCUT2D eigenvalue weighted by atomic mass is 16.1. The molecule has 0 bridgehead atoms. The number of hydrogen-bond acceptors (Lipinski definition) is 4. The van der Waals surface area contributed by atoms with Crippen LogP contribution in [0.4, 0.5) is 5.69 Å². The van der Waals surface area contributed by atoms with Crippen LogP contribution in [0.3, 0.4) is 0 Å². The second-order valence-electron chi connectivity index (χ2n) is 5.03. The molecule has 0 aromatic carbocycles. The highest BCUT2D eigenvalue weighted by molar-refractivity contribution is 5.41. The number of rotatable bonds is 4. The van der Waals surface area contributed by atoms with Crippen molar-refractivity contribution in [3.05, 3.63) is 52.2 Å². The molecule has 0 atom stereocenters. The number of nitrogens with one attached hydrogen (secondary N) is 1. The topological polar surface area (TPSA) is 59.8 Å². The molecule has 0 saturated heterocycles. The van der Waals surface area contributed by atoms with E-state index in [2.05, 4.69) is 15.4 Å². The summed E-state index contributed by atoms with van der Waals surface area (Å²) < 4.78 is 1.45. The van der Waals surface area contributed by atoms with Gasteiger partial charge < -0.3 is 5.32 Å². The van der Waals surface area contributed by atoms with Crippen molar-refractivity contribution in [2.45, 2.75) is 32.4 Å². The first-order valence-corrected chi connectivity index (χ1v) is 6.45. The summed E-state index contributed by atoms with van der Waals surface area (Å²) in [6.07, 6.45) is 7.62. The fourth-order valence-corrected chi connectivity index (χ4v) is 1.97. The Morgan fingerprint density at radius 1 is 1.32 bits per heavy atom. The normalized spacial score (nSPS) is 14.4. The highest BCUT2D eigenvalue weighted by Crippen LogP contribution is 2.23. The van der Waals surface area contributed by atoms with E-state index in [4.69, 9.17) is 0 Å². The number of aromatic nitrogens is 3. The Balaban J connectivity index is 1.79. The van der Waals surface area contributed by atoms with Gasteiger partial charge in [-0.1, -0.05) is 6.07 Å². The SMILES string of the molecule is Cc1cncc(Cn2ncc(NC3CC3)cc2=O)c1. The van der Waals surface area contributed by atoms with Crippen molar-refractivity contribution in [1.29, 1.82) is 0 Å². The predicted molar refractivity (Wildman–Crippen MR) is 73.2 cm³/mol. The fraction of sp³-hybridized carbons (Fsp3) is 0.357. The molecule has 2 aromatic heterocycles. The van der Waals surface area contributed by atoms with Crippen LogP contribution in [0.5, 0.6) is 0 Å². The van der Waals surface area contributed by atoms with Crippen molar-refractivity contribution in [2.75, 3.05) is 5.32 Å². The van der Waals surface area contributed by atoms with Gasteiger partial charge in [0.1, 0.15) is 0 Å². The third-order valence-electron chi connectivity index (χ3n) is 3.08. The van der Waals surface area contributed by atoms with Gasteiger partial charge in [-0.25, -0.2) is 4.68 Å². The molecule has 0 radical (unpaired) electrons. The maximum atomic E-state index is 12.0. The molecular weight excluding hydrogens is 240 g/mol. The summed E-state index contributed by atoms with van der Waals surface area (Å²) in [4.78, 5) is 16.1. The monoisotopic (exact) mass is 256 g/mol. The molecule has 19 heavy (non-hydrogen) atoms. The smallest absolute Gasteiger partial charge is 0.269 e. The first kappa shape index (κ1) is 11.9. The van der Waals surface area contributed by atoms with Gasteiger partial charge in [0.25, 0.3) is 5.56 Å². The summed E-state index contributed by atoms with van der Waals surface area (Å²) in [7, 11) is 0. The van der Waals surface area contributed by atoms with Crippen molar-refractivity contribution in [3.8, 4) is 0 Å². The quantitative estimate of drug-likeness (QED) is 0.902. The van der Waals surface area contributed by atoms with E-state index >= 15 is 0 Å². The van der Waals surface area contributed by atoms with Crippen LogP contribution in [0.25, 0.3) is 0 Å². The summed E-state index contributed by atoms with van der Waals surface area (Å²) in [5.74, 6) is 0. The second-order valence-corrected chi connectivity index (χ2v) is 5.03. The van der Waals surface area contributed by atoms with E-state index in [1.807, 2.05) is 13.0 Å². The minimum Gasteiger partial charge on any atom is -0.381 e. The van der Waals surface area contributed by atoms with Crippen LogP contribution < -0.4 is 10.9 Å². The molecule has 1 N–H and O–H groups in total. The molecule has 0 unspecified atom stereocenters. The Morgan fingerprint density at radius 3 is 2.84 bits per heavy atom. The Labute approximate surface area is 111 Å². The first-order chi connectivity index (χ1) is 9.20. The molecule has 5 nitrogen and oxygen atoms in total. The number of pyridine rings is 1. The Bertz CT molecular complexity index is 646. The third-order valence-corrected chi connectivity index (χ3v) is 3.08. The van der Waals surface area contributed by atoms with Gasteiger partial charge in [0.15, 0.2) is 0 Å². The highest BCUT2D eigenvalue weighted by Gasteiger charge is 2.21. The zero-order chi connectivity index (χ0) is 13.2. The van der Waals surface area contributed by atoms with Gasteiger partial charge in [-0.2, -0.15) is 5.10 Å². The van der Waals surface area contributed by atoms with E-state index in [9.17, 15) is 4.79 Å². The van der Waals surface area contributed by atoms with Gasteiger partial charge >= 0.3 is 0 Å². The summed E-state index contributed by atoms with van der Waals surface area (Å²) in [6, 6.07) is 4.14. The van der Waals surface area contributed by atoms with E-state index in [0.29, 0.717) is 12.6 Å². The zero-order valence-electron chi connectivity index (χ0n) is 10.8. The number of hydrogen-bond donors (Lipinski definition) is 1. The van der Waals surface area contributed by atoms with Crippen LogP contribution in [0, 0.1) is 6.92 Å². The lowest BCUT2D eigenvalue weighted by Gasteiger charge is -2.07. The number of nitrogens with zero attached hydrogens (tertiary/aromatic N) is 3. The van der Waals surface area contributed by atoms with Crippen molar-refractivity contribution in [3.63, 3.8) is 0 Å². The largest absolute Gasteiger partial charge is 0.381 e. The van der Waals surface area contributed by atoms with Crippen molar-refractivity contribution < 1.29 is 0 Å². The van der Waals surface area contributed by atoms with Crippen LogP contribution >= 0.6 is 0 Å². The van der Waals surface area contributed by atoms with Crippen molar-refractivity contribution in [1.82, 2.24) is 14.8 Å². The fourth-order valence-electron chi connectivity index (χ4n) is 1.97. The molecule has 0 spiro atoms. The maximum Gasteiger partial charge on any atom is 0.269 e. The molecule has 0 amide bonds. The Kier molecular flexibility index (Phi) is 3.03. The van der Waals surface area contributed by atoms with Crippen LogP contribution in [-0.4, -0.2) is 20.8 Å². The van der Waals surface area contributed by atoms with Gasteiger partial charge in [0, 0.05) is 24.5 Å². The minimum atomic E-state index is -0.0906. The molecule has 1 saturated carbocycles. The first-order valence-electron chi connectivity index (χ1n) is 6.45. The molecule has 5 heteroatoms. The predicted octanol–water partition coefficient (Wildman–Crippen LogP) is 1.57. The maximum absolute atomic E-state index is 12.0. The average Bonchev–Trinajstić information content (AvgIpc) is 3.17. The van der Waals surface area contributed by atoms with E-state index in [-0.39, 0.29) is 5.56 Å². The molecule has 3 rings (SSSR count). The van der Waals surface area contributed by atoms with Crippen molar-refractivity contribution in [2.24, 2.45) is 0 Å². The summed E-state index contributed by atoms with van der Waals surface area (Å²) in [6.45, 7) is 2.44. The van der Waals surface area contributed by atoms with Gasteiger partial charge in [-0.3, -0.25) is 9.78 Å². The van der Waals surface area contributed by atoms with Gasteiger partial charge in [0.05, 0.1) is 18.4 Å². The molecule has 1 aliphatic carbocycles.